The van der Waals surface area contributed by atoms with Crippen molar-refractivity contribution in [1.82, 2.24) is 24.7 Å². The van der Waals surface area contributed by atoms with E-state index in [9.17, 15) is 9.59 Å². The Bertz CT molecular complexity index is 1300. The molecule has 0 atom stereocenters. The molecule has 10 nitrogen and oxygen atoms in total. The zero-order valence-corrected chi connectivity index (χ0v) is 20.6. The van der Waals surface area contributed by atoms with Gasteiger partial charge in [-0.1, -0.05) is 23.1 Å². The van der Waals surface area contributed by atoms with Crippen LogP contribution >= 0.6 is 34.4 Å². The molecule has 0 radical (unpaired) electrons. The summed E-state index contributed by atoms with van der Waals surface area (Å²) >= 11 is 4.02. The number of nitrogens with zero attached hydrogens (tertiary/aromatic N) is 5. The number of fused-ring (bicyclic) bond motifs is 1. The highest BCUT2D eigenvalue weighted by atomic mass is 32.2. The van der Waals surface area contributed by atoms with Gasteiger partial charge in [-0.15, -0.1) is 21.5 Å². The summed E-state index contributed by atoms with van der Waals surface area (Å²) < 4.78 is 7.98. The van der Waals surface area contributed by atoms with Gasteiger partial charge >= 0.3 is 0 Å². The van der Waals surface area contributed by atoms with E-state index in [1.165, 1.54) is 34.4 Å². The third-order valence-corrected chi connectivity index (χ3v) is 7.24. The molecule has 4 aromatic rings. The van der Waals surface area contributed by atoms with Crippen molar-refractivity contribution in [1.29, 1.82) is 0 Å². The summed E-state index contributed by atoms with van der Waals surface area (Å²) in [6.07, 6.45) is 0.0708. The topological polar surface area (TPSA) is 124 Å². The van der Waals surface area contributed by atoms with Gasteiger partial charge < -0.3 is 19.9 Å². The molecule has 3 aromatic heterocycles. The number of benzene rings is 1. The quantitative estimate of drug-likeness (QED) is 0.332. The van der Waals surface area contributed by atoms with Gasteiger partial charge in [-0.2, -0.15) is 0 Å². The molecule has 2 N–H and O–H groups in total. The smallest absolute Gasteiger partial charge is 0.236 e. The number of nitrogens with one attached hydrogen (secondary N) is 2. The number of hydrogen-bond donors (Lipinski definition) is 2. The van der Waals surface area contributed by atoms with Crippen molar-refractivity contribution >= 4 is 66.7 Å². The Morgan fingerprint density at radius 3 is 2.70 bits per heavy atom. The second kappa shape index (κ2) is 10.3. The van der Waals surface area contributed by atoms with Crippen LogP contribution in [0.3, 0.4) is 0 Å². The maximum Gasteiger partial charge on any atom is 0.236 e. The van der Waals surface area contributed by atoms with E-state index in [0.717, 1.165) is 21.7 Å². The van der Waals surface area contributed by atoms with E-state index in [2.05, 4.69) is 30.8 Å². The molecule has 0 spiro atoms. The fourth-order valence-electron chi connectivity index (χ4n) is 2.96. The first kappa shape index (κ1) is 23.1. The molecule has 4 rings (SSSR count). The summed E-state index contributed by atoms with van der Waals surface area (Å²) in [7, 11) is 1.61. The van der Waals surface area contributed by atoms with Crippen LogP contribution in [0, 0.1) is 6.92 Å². The fraction of sp³-hybridized carbons (Fsp3) is 0.300. The lowest BCUT2D eigenvalue weighted by Gasteiger charge is -2.07. The van der Waals surface area contributed by atoms with Crippen molar-refractivity contribution < 1.29 is 14.3 Å². The van der Waals surface area contributed by atoms with E-state index in [1.54, 1.807) is 7.11 Å². The normalized spacial score (nSPS) is 11.0. The molecule has 0 saturated heterocycles. The summed E-state index contributed by atoms with van der Waals surface area (Å²) in [5.74, 6) is 1.00. The highest BCUT2D eigenvalue weighted by molar-refractivity contribution is 7.99. The Labute approximate surface area is 201 Å². The number of amides is 2. The molecule has 1 aromatic carbocycles. The Kier molecular flexibility index (Phi) is 7.20. The van der Waals surface area contributed by atoms with Gasteiger partial charge in [0.25, 0.3) is 0 Å². The highest BCUT2D eigenvalue weighted by Gasteiger charge is 2.17. The maximum atomic E-state index is 12.5. The second-order valence-electron chi connectivity index (χ2n) is 6.85. The average Bonchev–Trinajstić information content (AvgIpc) is 3.49. The Balaban J connectivity index is 1.34. The SMILES string of the molecule is CCn1c(CC(=O)Nc2nc(C)cs2)nnc1SCC(=O)Nc1nc2ccc(OC)cc2s1. The number of carbonyl (C=O) groups is 2. The first-order chi connectivity index (χ1) is 15.9. The first-order valence-electron chi connectivity index (χ1n) is 9.96. The third-order valence-electron chi connectivity index (χ3n) is 4.47. The van der Waals surface area contributed by atoms with Gasteiger partial charge in [0.1, 0.15) is 11.6 Å². The van der Waals surface area contributed by atoms with Gasteiger partial charge in [-0.25, -0.2) is 9.97 Å². The molecular formula is C20H21N7O3S3. The van der Waals surface area contributed by atoms with Crippen LogP contribution in [0.1, 0.15) is 18.4 Å². The predicted molar refractivity (Wildman–Crippen MR) is 130 cm³/mol. The Morgan fingerprint density at radius 1 is 1.15 bits per heavy atom. The van der Waals surface area contributed by atoms with Gasteiger partial charge in [0, 0.05) is 11.9 Å². The van der Waals surface area contributed by atoms with Crippen LogP contribution in [0.4, 0.5) is 10.3 Å². The largest absolute Gasteiger partial charge is 0.497 e. The van der Waals surface area contributed by atoms with Crippen LogP contribution in [0.5, 0.6) is 5.75 Å². The number of anilines is 2. The third kappa shape index (κ3) is 5.67. The van der Waals surface area contributed by atoms with Crippen molar-refractivity contribution in [3.63, 3.8) is 0 Å². The van der Waals surface area contributed by atoms with Crippen LogP contribution in [0.2, 0.25) is 0 Å². The lowest BCUT2D eigenvalue weighted by molar-refractivity contribution is -0.116. The van der Waals surface area contributed by atoms with E-state index in [4.69, 9.17) is 4.74 Å². The second-order valence-corrected chi connectivity index (χ2v) is 9.68. The summed E-state index contributed by atoms with van der Waals surface area (Å²) in [5.41, 5.74) is 1.65. The molecule has 0 aliphatic rings. The number of carbonyl (C=O) groups excluding carboxylic acids is 2. The minimum absolute atomic E-state index is 0.0708. The number of aryl methyl sites for hydroxylation is 1. The van der Waals surface area contributed by atoms with Crippen molar-refractivity contribution in [2.75, 3.05) is 23.5 Å². The number of aromatic nitrogens is 5. The van der Waals surface area contributed by atoms with E-state index >= 15 is 0 Å². The standard InChI is InChI=1S/C20H21N7O3S3/c1-4-27-15(8-16(28)23-18-21-11(2)9-31-18)25-26-20(27)32-10-17(29)24-19-22-13-6-5-12(30-3)7-14(13)33-19/h5-7,9H,4,8,10H2,1-3H3,(H,21,23,28)(H,22,24,29). The number of hydrogen-bond acceptors (Lipinski definition) is 10. The van der Waals surface area contributed by atoms with Crippen molar-refractivity contribution in [2.45, 2.75) is 32.0 Å². The zero-order chi connectivity index (χ0) is 23.4. The number of rotatable bonds is 9. The molecule has 0 saturated carbocycles. The van der Waals surface area contributed by atoms with Crippen LogP contribution < -0.4 is 15.4 Å². The molecule has 2 amide bonds. The molecule has 0 aliphatic carbocycles. The molecule has 0 aliphatic heterocycles. The number of ether oxygens (including phenoxy) is 1. The fourth-order valence-corrected chi connectivity index (χ4v) is 5.40. The van der Waals surface area contributed by atoms with Gasteiger partial charge in [0.2, 0.25) is 11.8 Å². The van der Waals surface area contributed by atoms with Gasteiger partial charge in [0.05, 0.1) is 35.2 Å². The molecular weight excluding hydrogens is 482 g/mol. The molecule has 13 heteroatoms. The monoisotopic (exact) mass is 503 g/mol. The zero-order valence-electron chi connectivity index (χ0n) is 18.1. The Hall–Kier alpha value is -3.03. The van der Waals surface area contributed by atoms with Crippen molar-refractivity contribution in [3.05, 3.63) is 35.1 Å². The summed E-state index contributed by atoms with van der Waals surface area (Å²) in [5, 5.41) is 17.4. The number of thiazole rings is 2. The molecule has 0 bridgehead atoms. The van der Waals surface area contributed by atoms with Crippen LogP contribution in [-0.2, 0) is 22.6 Å². The molecule has 172 valence electrons. The van der Waals surface area contributed by atoms with E-state index in [1.807, 2.05) is 42.0 Å². The van der Waals surface area contributed by atoms with Gasteiger partial charge in [-0.3, -0.25) is 9.59 Å². The highest BCUT2D eigenvalue weighted by Crippen LogP contribution is 2.29. The summed E-state index contributed by atoms with van der Waals surface area (Å²) in [6, 6.07) is 5.57. The first-order valence-corrected chi connectivity index (χ1v) is 12.6. The molecule has 3 heterocycles. The lowest BCUT2D eigenvalue weighted by Crippen LogP contribution is -2.18. The van der Waals surface area contributed by atoms with E-state index < -0.39 is 0 Å². The van der Waals surface area contributed by atoms with Gasteiger partial charge in [-0.05, 0) is 32.0 Å². The minimum atomic E-state index is -0.215. The van der Waals surface area contributed by atoms with Crippen LogP contribution in [-0.4, -0.2) is 49.4 Å². The molecule has 0 fully saturated rings. The van der Waals surface area contributed by atoms with Crippen molar-refractivity contribution in [3.8, 4) is 5.75 Å². The number of thioether (sulfide) groups is 1. The Morgan fingerprint density at radius 2 is 1.97 bits per heavy atom. The molecule has 33 heavy (non-hydrogen) atoms. The molecule has 0 unspecified atom stereocenters. The number of methoxy groups -OCH3 is 1. The minimum Gasteiger partial charge on any atom is -0.497 e. The average molecular weight is 504 g/mol. The van der Waals surface area contributed by atoms with Crippen LogP contribution in [0.25, 0.3) is 10.2 Å². The van der Waals surface area contributed by atoms with Crippen LogP contribution in [0.15, 0.2) is 28.7 Å². The lowest BCUT2D eigenvalue weighted by atomic mass is 10.3. The van der Waals surface area contributed by atoms with E-state index in [-0.39, 0.29) is 24.0 Å². The predicted octanol–water partition coefficient (Wildman–Crippen LogP) is 3.59. The summed E-state index contributed by atoms with van der Waals surface area (Å²) in [6.45, 7) is 4.39. The maximum absolute atomic E-state index is 12.5. The van der Waals surface area contributed by atoms with Gasteiger partial charge in [0.15, 0.2) is 15.4 Å². The van der Waals surface area contributed by atoms with Crippen molar-refractivity contribution in [2.24, 2.45) is 0 Å². The van der Waals surface area contributed by atoms with E-state index in [0.29, 0.717) is 27.8 Å². The summed E-state index contributed by atoms with van der Waals surface area (Å²) in [4.78, 5) is 33.5.